The second-order valence-corrected chi connectivity index (χ2v) is 5.56. The molecule has 0 aliphatic rings. The number of hydrogen-bond donors (Lipinski definition) is 3. The molecule has 0 atom stereocenters. The third-order valence-electron chi connectivity index (χ3n) is 3.52. The number of nitrogens with one attached hydrogen (secondary N) is 3. The molecule has 0 fully saturated rings. The summed E-state index contributed by atoms with van der Waals surface area (Å²) in [6, 6.07) is 14.9. The molecular formula is C19H20FN3O3. The van der Waals surface area contributed by atoms with Crippen molar-refractivity contribution in [1.82, 2.24) is 16.0 Å². The molecule has 0 saturated heterocycles. The number of benzene rings is 2. The van der Waals surface area contributed by atoms with E-state index in [1.165, 1.54) is 18.2 Å². The van der Waals surface area contributed by atoms with Crippen molar-refractivity contribution in [2.45, 2.75) is 6.42 Å². The Morgan fingerprint density at radius 1 is 0.808 bits per heavy atom. The summed E-state index contributed by atoms with van der Waals surface area (Å²) >= 11 is 0. The lowest BCUT2D eigenvalue weighted by atomic mass is 10.1. The fourth-order valence-electron chi connectivity index (χ4n) is 2.19. The topological polar surface area (TPSA) is 87.3 Å². The molecule has 136 valence electrons. The zero-order valence-electron chi connectivity index (χ0n) is 14.1. The molecule has 7 heteroatoms. The smallest absolute Gasteiger partial charge is 0.251 e. The second-order valence-electron chi connectivity index (χ2n) is 5.56. The lowest BCUT2D eigenvalue weighted by molar-refractivity contribution is -0.125. The highest BCUT2D eigenvalue weighted by atomic mass is 19.1. The van der Waals surface area contributed by atoms with Crippen molar-refractivity contribution >= 4 is 17.7 Å². The summed E-state index contributed by atoms with van der Waals surface area (Å²) in [5.41, 5.74) is 1.23. The Bertz CT molecular complexity index is 766. The zero-order valence-corrected chi connectivity index (χ0v) is 14.1. The Labute approximate surface area is 150 Å². The third-order valence-corrected chi connectivity index (χ3v) is 3.52. The van der Waals surface area contributed by atoms with Gasteiger partial charge in [-0.2, -0.15) is 0 Å². The van der Waals surface area contributed by atoms with Crippen LogP contribution in [0.3, 0.4) is 0 Å². The average molecular weight is 357 g/mol. The molecule has 3 amide bonds. The van der Waals surface area contributed by atoms with Gasteiger partial charge in [-0.05, 0) is 30.2 Å². The first-order valence-electron chi connectivity index (χ1n) is 8.15. The van der Waals surface area contributed by atoms with E-state index in [2.05, 4.69) is 16.0 Å². The molecule has 0 unspecified atom stereocenters. The number of amides is 3. The number of halogens is 1. The number of carbonyl (C=O) groups is 3. The first kappa shape index (κ1) is 19.1. The fraction of sp³-hybridized carbons (Fsp3) is 0.211. The standard InChI is InChI=1S/C19H20FN3O3/c20-16-8-4-7-15(11-16)19(26)23-13-18(25)22-12-17(24)21-10-9-14-5-2-1-3-6-14/h1-8,11H,9-10,12-13H2,(H,21,24)(H,22,25)(H,23,26). The molecule has 0 bridgehead atoms. The molecule has 0 heterocycles. The van der Waals surface area contributed by atoms with E-state index in [0.717, 1.165) is 11.6 Å². The molecule has 2 rings (SSSR count). The Morgan fingerprint density at radius 3 is 2.23 bits per heavy atom. The van der Waals surface area contributed by atoms with Gasteiger partial charge in [0.25, 0.3) is 5.91 Å². The predicted molar refractivity (Wildman–Crippen MR) is 94.9 cm³/mol. The lowest BCUT2D eigenvalue weighted by Gasteiger charge is -2.08. The van der Waals surface area contributed by atoms with Crippen LogP contribution in [-0.4, -0.2) is 37.4 Å². The van der Waals surface area contributed by atoms with E-state index in [0.29, 0.717) is 13.0 Å². The summed E-state index contributed by atoms with van der Waals surface area (Å²) in [7, 11) is 0. The fourth-order valence-corrected chi connectivity index (χ4v) is 2.19. The summed E-state index contributed by atoms with van der Waals surface area (Å²) < 4.78 is 13.0. The molecule has 0 aromatic heterocycles. The predicted octanol–water partition coefficient (Wildman–Crippen LogP) is 1.03. The minimum Gasteiger partial charge on any atom is -0.354 e. The molecule has 3 N–H and O–H groups in total. The van der Waals surface area contributed by atoms with Crippen LogP contribution in [0.1, 0.15) is 15.9 Å². The molecule has 26 heavy (non-hydrogen) atoms. The maximum Gasteiger partial charge on any atom is 0.251 e. The van der Waals surface area contributed by atoms with Crippen LogP contribution in [0.25, 0.3) is 0 Å². The Balaban J connectivity index is 1.62. The average Bonchev–Trinajstić information content (AvgIpc) is 2.65. The summed E-state index contributed by atoms with van der Waals surface area (Å²) in [4.78, 5) is 35.1. The zero-order chi connectivity index (χ0) is 18.8. The summed E-state index contributed by atoms with van der Waals surface area (Å²) in [5.74, 6) is -1.92. The van der Waals surface area contributed by atoms with Crippen LogP contribution in [0.2, 0.25) is 0 Å². The van der Waals surface area contributed by atoms with Crippen LogP contribution in [0.5, 0.6) is 0 Å². The monoisotopic (exact) mass is 357 g/mol. The lowest BCUT2D eigenvalue weighted by Crippen LogP contribution is -2.42. The van der Waals surface area contributed by atoms with Gasteiger partial charge in [0.1, 0.15) is 5.82 Å². The molecule has 0 aliphatic carbocycles. The molecule has 0 radical (unpaired) electrons. The maximum absolute atomic E-state index is 13.0. The van der Waals surface area contributed by atoms with Crippen LogP contribution in [0.4, 0.5) is 4.39 Å². The van der Waals surface area contributed by atoms with Crippen molar-refractivity contribution in [1.29, 1.82) is 0 Å². The summed E-state index contributed by atoms with van der Waals surface area (Å²) in [6.45, 7) is -0.00880. The van der Waals surface area contributed by atoms with Gasteiger partial charge in [-0.25, -0.2) is 4.39 Å². The van der Waals surface area contributed by atoms with Crippen molar-refractivity contribution in [2.75, 3.05) is 19.6 Å². The molecule has 0 spiro atoms. The van der Waals surface area contributed by atoms with Crippen molar-refractivity contribution in [3.8, 4) is 0 Å². The van der Waals surface area contributed by atoms with Gasteiger partial charge in [-0.15, -0.1) is 0 Å². The van der Waals surface area contributed by atoms with E-state index in [-0.39, 0.29) is 24.6 Å². The van der Waals surface area contributed by atoms with Crippen LogP contribution in [-0.2, 0) is 16.0 Å². The third kappa shape index (κ3) is 6.72. The molecule has 2 aromatic carbocycles. The highest BCUT2D eigenvalue weighted by molar-refractivity contribution is 5.96. The summed E-state index contributed by atoms with van der Waals surface area (Å²) in [6.07, 6.45) is 0.699. The molecule has 0 aliphatic heterocycles. The summed E-state index contributed by atoms with van der Waals surface area (Å²) in [5, 5.41) is 7.48. The van der Waals surface area contributed by atoms with Gasteiger partial charge in [0.15, 0.2) is 0 Å². The molecule has 6 nitrogen and oxygen atoms in total. The highest BCUT2D eigenvalue weighted by Gasteiger charge is 2.09. The second kappa shape index (κ2) is 9.93. The number of rotatable bonds is 8. The largest absolute Gasteiger partial charge is 0.354 e. The first-order chi connectivity index (χ1) is 12.5. The van der Waals surface area contributed by atoms with Crippen molar-refractivity contribution in [3.63, 3.8) is 0 Å². The highest BCUT2D eigenvalue weighted by Crippen LogP contribution is 2.02. The number of carbonyl (C=O) groups excluding carboxylic acids is 3. The molecule has 0 saturated carbocycles. The quantitative estimate of drug-likeness (QED) is 0.659. The van der Waals surface area contributed by atoms with E-state index in [1.54, 1.807) is 0 Å². The van der Waals surface area contributed by atoms with Gasteiger partial charge >= 0.3 is 0 Å². The van der Waals surface area contributed by atoms with Crippen LogP contribution < -0.4 is 16.0 Å². The van der Waals surface area contributed by atoms with E-state index < -0.39 is 17.6 Å². The van der Waals surface area contributed by atoms with Gasteiger partial charge in [0.05, 0.1) is 13.1 Å². The first-order valence-corrected chi connectivity index (χ1v) is 8.15. The minimum absolute atomic E-state index is 0.122. The Kier molecular flexibility index (Phi) is 7.30. The van der Waals surface area contributed by atoms with Crippen LogP contribution in [0.15, 0.2) is 54.6 Å². The maximum atomic E-state index is 13.0. The van der Waals surface area contributed by atoms with E-state index in [4.69, 9.17) is 0 Å². The van der Waals surface area contributed by atoms with Crippen LogP contribution in [0, 0.1) is 5.82 Å². The van der Waals surface area contributed by atoms with Crippen LogP contribution >= 0.6 is 0 Å². The van der Waals surface area contributed by atoms with Crippen molar-refractivity contribution < 1.29 is 18.8 Å². The molecule has 2 aromatic rings. The Hall–Kier alpha value is -3.22. The van der Waals surface area contributed by atoms with Gasteiger partial charge in [-0.1, -0.05) is 36.4 Å². The van der Waals surface area contributed by atoms with Gasteiger partial charge < -0.3 is 16.0 Å². The SMILES string of the molecule is O=C(CNC(=O)CNC(=O)c1cccc(F)c1)NCCc1ccccc1. The van der Waals surface area contributed by atoms with Crippen molar-refractivity contribution in [3.05, 3.63) is 71.5 Å². The normalized spacial score (nSPS) is 10.0. The van der Waals surface area contributed by atoms with E-state index in [9.17, 15) is 18.8 Å². The van der Waals surface area contributed by atoms with Gasteiger partial charge in [-0.3, -0.25) is 14.4 Å². The number of hydrogen-bond acceptors (Lipinski definition) is 3. The van der Waals surface area contributed by atoms with E-state index in [1.807, 2.05) is 30.3 Å². The van der Waals surface area contributed by atoms with E-state index >= 15 is 0 Å². The van der Waals surface area contributed by atoms with Crippen molar-refractivity contribution in [2.24, 2.45) is 0 Å². The molecular weight excluding hydrogens is 337 g/mol. The Morgan fingerprint density at radius 2 is 1.50 bits per heavy atom. The van der Waals surface area contributed by atoms with Gasteiger partial charge in [0.2, 0.25) is 11.8 Å². The van der Waals surface area contributed by atoms with Gasteiger partial charge in [0, 0.05) is 12.1 Å². The minimum atomic E-state index is -0.563.